The zero-order valence-electron chi connectivity index (χ0n) is 8.42. The monoisotopic (exact) mass is 245 g/mol. The molecule has 88 valence electrons. The van der Waals surface area contributed by atoms with Crippen molar-refractivity contribution in [2.24, 2.45) is 0 Å². The van der Waals surface area contributed by atoms with Gasteiger partial charge in [-0.15, -0.1) is 0 Å². The molecule has 6 nitrogen and oxygen atoms in total. The van der Waals surface area contributed by atoms with Crippen LogP contribution in [-0.4, -0.2) is 36.0 Å². The highest BCUT2D eigenvalue weighted by Crippen LogP contribution is 2.27. The highest BCUT2D eigenvalue weighted by Gasteiger charge is 2.29. The molecule has 0 aromatic carbocycles. The Bertz CT molecular complexity index is 504. The fourth-order valence-corrected chi connectivity index (χ4v) is 3.49. The van der Waals surface area contributed by atoms with Gasteiger partial charge in [-0.25, -0.2) is 18.2 Å². The van der Waals surface area contributed by atoms with Crippen LogP contribution in [0.3, 0.4) is 0 Å². The predicted molar refractivity (Wildman–Crippen MR) is 54.1 cm³/mol. The number of hydrogen-bond donors (Lipinski definition) is 1. The van der Waals surface area contributed by atoms with E-state index in [0.717, 1.165) is 6.26 Å². The lowest BCUT2D eigenvalue weighted by molar-refractivity contribution is 0.0690. The van der Waals surface area contributed by atoms with E-state index in [1.165, 1.54) is 0 Å². The third-order valence-electron chi connectivity index (χ3n) is 2.55. The van der Waals surface area contributed by atoms with Gasteiger partial charge in [0.25, 0.3) is 0 Å². The topological polar surface area (TPSA) is 97.5 Å². The molecule has 7 heteroatoms. The van der Waals surface area contributed by atoms with Crippen molar-refractivity contribution < 1.29 is 22.7 Å². The molecule has 0 saturated carbocycles. The van der Waals surface area contributed by atoms with Crippen LogP contribution in [0.1, 0.15) is 35.1 Å². The van der Waals surface area contributed by atoms with Crippen molar-refractivity contribution in [1.29, 1.82) is 0 Å². The molecule has 0 bridgehead atoms. The van der Waals surface area contributed by atoms with E-state index in [2.05, 4.69) is 4.98 Å². The number of oxazole rings is 1. The summed E-state index contributed by atoms with van der Waals surface area (Å²) >= 11 is 0. The maximum absolute atomic E-state index is 11.4. The number of aromatic nitrogens is 1. The lowest BCUT2D eigenvalue weighted by Crippen LogP contribution is -2.23. The molecule has 1 N–H and O–H groups in total. The zero-order chi connectivity index (χ0) is 11.8. The molecule has 1 fully saturated rings. The Hall–Kier alpha value is -1.37. The molecule has 0 radical (unpaired) electrons. The average molecular weight is 245 g/mol. The van der Waals surface area contributed by atoms with Crippen LogP contribution < -0.4 is 0 Å². The minimum atomic E-state index is -3.04. The normalized spacial score (nSPS) is 24.1. The van der Waals surface area contributed by atoms with Crippen molar-refractivity contribution in [2.45, 2.75) is 18.8 Å². The Morgan fingerprint density at radius 3 is 2.88 bits per heavy atom. The molecule has 0 spiro atoms. The Kier molecular flexibility index (Phi) is 2.71. The zero-order valence-corrected chi connectivity index (χ0v) is 9.24. The van der Waals surface area contributed by atoms with Gasteiger partial charge < -0.3 is 9.52 Å². The van der Waals surface area contributed by atoms with Crippen LogP contribution in [0.25, 0.3) is 0 Å². The molecule has 1 aromatic heterocycles. The van der Waals surface area contributed by atoms with Gasteiger partial charge in [-0.05, 0) is 12.8 Å². The molecule has 2 heterocycles. The van der Waals surface area contributed by atoms with Gasteiger partial charge >= 0.3 is 5.97 Å². The number of carbonyl (C=O) groups is 1. The lowest BCUT2D eigenvalue weighted by atomic mass is 10.1. The van der Waals surface area contributed by atoms with Crippen LogP contribution in [0, 0.1) is 0 Å². The average Bonchev–Trinajstić information content (AvgIpc) is 2.64. The van der Waals surface area contributed by atoms with Crippen LogP contribution in [0.5, 0.6) is 0 Å². The fraction of sp³-hybridized carbons (Fsp3) is 0.556. The third kappa shape index (κ3) is 2.24. The molecule has 1 atom stereocenters. The number of rotatable bonds is 2. The first-order valence-corrected chi connectivity index (χ1v) is 6.69. The third-order valence-corrected chi connectivity index (χ3v) is 4.37. The first-order valence-electron chi connectivity index (χ1n) is 4.87. The highest BCUT2D eigenvalue weighted by molar-refractivity contribution is 7.91. The maximum Gasteiger partial charge on any atom is 0.357 e. The van der Waals surface area contributed by atoms with E-state index in [1.807, 2.05) is 0 Å². The summed E-state index contributed by atoms with van der Waals surface area (Å²) in [6.07, 6.45) is 2.27. The van der Waals surface area contributed by atoms with Gasteiger partial charge in [-0.1, -0.05) is 0 Å². The number of aromatic carboxylic acids is 1. The Morgan fingerprint density at radius 2 is 2.31 bits per heavy atom. The van der Waals surface area contributed by atoms with E-state index in [0.29, 0.717) is 12.8 Å². The van der Waals surface area contributed by atoms with E-state index >= 15 is 0 Å². The Morgan fingerprint density at radius 1 is 1.56 bits per heavy atom. The van der Waals surface area contributed by atoms with Crippen molar-refractivity contribution in [3.63, 3.8) is 0 Å². The number of carboxylic acid groups (broad SMARTS) is 1. The summed E-state index contributed by atoms with van der Waals surface area (Å²) in [6, 6.07) is 0. The molecule has 1 aliphatic heterocycles. The molecule has 1 aromatic rings. The standard InChI is InChI=1S/C9H11NO5S/c11-9(12)7-4-15-8(10-7)6-2-1-3-16(13,14)5-6/h4,6H,1-3,5H2,(H,11,12). The molecule has 1 unspecified atom stereocenters. The maximum atomic E-state index is 11.4. The van der Waals surface area contributed by atoms with Crippen molar-refractivity contribution in [3.05, 3.63) is 17.8 Å². The van der Waals surface area contributed by atoms with E-state index in [-0.39, 0.29) is 29.0 Å². The summed E-state index contributed by atoms with van der Waals surface area (Å²) < 4.78 is 27.8. The summed E-state index contributed by atoms with van der Waals surface area (Å²) in [6.45, 7) is 0. The van der Waals surface area contributed by atoms with Crippen LogP contribution in [-0.2, 0) is 9.84 Å². The van der Waals surface area contributed by atoms with E-state index < -0.39 is 15.8 Å². The number of carboxylic acids is 1. The van der Waals surface area contributed by atoms with Gasteiger partial charge in [0.15, 0.2) is 21.4 Å². The van der Waals surface area contributed by atoms with Gasteiger partial charge in [0.2, 0.25) is 0 Å². The van der Waals surface area contributed by atoms with E-state index in [1.54, 1.807) is 0 Å². The summed E-state index contributed by atoms with van der Waals surface area (Å²) in [5, 5.41) is 8.66. The van der Waals surface area contributed by atoms with Crippen molar-refractivity contribution in [2.75, 3.05) is 11.5 Å². The summed E-state index contributed by atoms with van der Waals surface area (Å²) in [4.78, 5) is 14.4. The van der Waals surface area contributed by atoms with Gasteiger partial charge in [-0.3, -0.25) is 0 Å². The van der Waals surface area contributed by atoms with Crippen molar-refractivity contribution in [3.8, 4) is 0 Å². The molecule has 2 rings (SSSR count). The molecular formula is C9H11NO5S. The van der Waals surface area contributed by atoms with E-state index in [9.17, 15) is 13.2 Å². The minimum absolute atomic E-state index is 0.00737. The molecule has 0 amide bonds. The van der Waals surface area contributed by atoms with Crippen LogP contribution >= 0.6 is 0 Å². The predicted octanol–water partition coefficient (Wildman–Crippen LogP) is 0.665. The highest BCUT2D eigenvalue weighted by atomic mass is 32.2. The Labute approximate surface area is 92.2 Å². The number of hydrogen-bond acceptors (Lipinski definition) is 5. The quantitative estimate of drug-likeness (QED) is 0.822. The summed E-state index contributed by atoms with van der Waals surface area (Å²) in [7, 11) is -3.04. The second-order valence-corrected chi connectivity index (χ2v) is 6.06. The molecule has 1 saturated heterocycles. The molecule has 1 aliphatic rings. The van der Waals surface area contributed by atoms with Crippen LogP contribution in [0.15, 0.2) is 10.7 Å². The van der Waals surface area contributed by atoms with Gasteiger partial charge in [-0.2, -0.15) is 0 Å². The largest absolute Gasteiger partial charge is 0.476 e. The molecular weight excluding hydrogens is 234 g/mol. The number of nitrogens with zero attached hydrogens (tertiary/aromatic N) is 1. The second kappa shape index (κ2) is 3.89. The van der Waals surface area contributed by atoms with Crippen LogP contribution in [0.4, 0.5) is 0 Å². The van der Waals surface area contributed by atoms with Crippen molar-refractivity contribution >= 4 is 15.8 Å². The van der Waals surface area contributed by atoms with E-state index in [4.69, 9.17) is 9.52 Å². The number of sulfone groups is 1. The van der Waals surface area contributed by atoms with Gasteiger partial charge in [0, 0.05) is 5.92 Å². The van der Waals surface area contributed by atoms with Crippen LogP contribution in [0.2, 0.25) is 0 Å². The second-order valence-electron chi connectivity index (χ2n) is 3.83. The molecule has 16 heavy (non-hydrogen) atoms. The van der Waals surface area contributed by atoms with Gasteiger partial charge in [0.05, 0.1) is 11.5 Å². The minimum Gasteiger partial charge on any atom is -0.476 e. The molecule has 0 aliphatic carbocycles. The first kappa shape index (κ1) is 11.1. The first-order chi connectivity index (χ1) is 7.48. The SMILES string of the molecule is O=C(O)c1coc(C2CCCS(=O)(=O)C2)n1. The van der Waals surface area contributed by atoms with Gasteiger partial charge in [0.1, 0.15) is 6.26 Å². The lowest BCUT2D eigenvalue weighted by Gasteiger charge is -2.18. The summed E-state index contributed by atoms with van der Waals surface area (Å²) in [5.74, 6) is -1.09. The summed E-state index contributed by atoms with van der Waals surface area (Å²) in [5.41, 5.74) is -0.182. The smallest absolute Gasteiger partial charge is 0.357 e. The van der Waals surface area contributed by atoms with Crippen molar-refractivity contribution in [1.82, 2.24) is 4.98 Å². The fourth-order valence-electron chi connectivity index (χ4n) is 1.79. The Balaban J connectivity index is 2.20.